The second-order valence-electron chi connectivity index (χ2n) is 6.07. The zero-order valence-electron chi connectivity index (χ0n) is 14.1. The number of rotatable bonds is 6. The monoisotopic (exact) mass is 323 g/mol. The Kier molecular flexibility index (Phi) is 5.96. The van der Waals surface area contributed by atoms with Crippen molar-refractivity contribution in [2.75, 3.05) is 37.6 Å². The molecule has 0 amide bonds. The predicted molar refractivity (Wildman–Crippen MR) is 89.4 cm³/mol. The van der Waals surface area contributed by atoms with Gasteiger partial charge in [0.1, 0.15) is 11.9 Å². The summed E-state index contributed by atoms with van der Waals surface area (Å²) in [6.07, 6.45) is 0. The van der Waals surface area contributed by atoms with Crippen LogP contribution in [-0.4, -0.2) is 54.7 Å². The molecule has 1 heterocycles. The van der Waals surface area contributed by atoms with Crippen LogP contribution in [0.2, 0.25) is 0 Å². The van der Waals surface area contributed by atoms with Gasteiger partial charge >= 0.3 is 5.97 Å². The van der Waals surface area contributed by atoms with Crippen molar-refractivity contribution in [2.45, 2.75) is 32.9 Å². The van der Waals surface area contributed by atoms with E-state index in [2.05, 4.69) is 22.0 Å². The average Bonchev–Trinajstić information content (AvgIpc) is 2.54. The highest BCUT2D eigenvalue weighted by molar-refractivity contribution is 5.73. The fraction of sp³-hybridized carbons (Fsp3) is 0.588. The SMILES string of the molecule is CCN1CCN(c2ccc(F)cc2C(C)NC(C)C(=O)O)CC1. The first kappa shape index (κ1) is 17.7. The minimum Gasteiger partial charge on any atom is -0.480 e. The molecule has 2 N–H and O–H groups in total. The van der Waals surface area contributed by atoms with E-state index in [1.807, 2.05) is 6.92 Å². The molecule has 23 heavy (non-hydrogen) atoms. The number of anilines is 1. The lowest BCUT2D eigenvalue weighted by atomic mass is 10.0. The molecule has 0 spiro atoms. The molecule has 2 rings (SSSR count). The van der Waals surface area contributed by atoms with E-state index in [1.54, 1.807) is 13.0 Å². The maximum absolute atomic E-state index is 13.7. The van der Waals surface area contributed by atoms with E-state index in [0.717, 1.165) is 44.0 Å². The fourth-order valence-corrected chi connectivity index (χ4v) is 3.00. The van der Waals surface area contributed by atoms with Crippen molar-refractivity contribution in [1.82, 2.24) is 10.2 Å². The quantitative estimate of drug-likeness (QED) is 0.839. The van der Waals surface area contributed by atoms with Gasteiger partial charge in [0.05, 0.1) is 0 Å². The lowest BCUT2D eigenvalue weighted by Gasteiger charge is -2.37. The maximum atomic E-state index is 13.7. The molecule has 5 nitrogen and oxygen atoms in total. The molecule has 128 valence electrons. The Morgan fingerprint density at radius 1 is 1.30 bits per heavy atom. The minimum absolute atomic E-state index is 0.240. The lowest BCUT2D eigenvalue weighted by molar-refractivity contribution is -0.139. The number of aliphatic carboxylic acids is 1. The van der Waals surface area contributed by atoms with Crippen LogP contribution in [0, 0.1) is 5.82 Å². The maximum Gasteiger partial charge on any atom is 0.320 e. The summed E-state index contributed by atoms with van der Waals surface area (Å²) in [5, 5.41) is 12.1. The number of carboxylic acids is 1. The highest BCUT2D eigenvalue weighted by Crippen LogP contribution is 2.28. The smallest absolute Gasteiger partial charge is 0.320 e. The second-order valence-corrected chi connectivity index (χ2v) is 6.07. The van der Waals surface area contributed by atoms with E-state index < -0.39 is 12.0 Å². The van der Waals surface area contributed by atoms with Crippen molar-refractivity contribution in [2.24, 2.45) is 0 Å². The van der Waals surface area contributed by atoms with Crippen LogP contribution in [0.1, 0.15) is 32.4 Å². The van der Waals surface area contributed by atoms with Crippen molar-refractivity contribution >= 4 is 11.7 Å². The van der Waals surface area contributed by atoms with Crippen LogP contribution >= 0.6 is 0 Å². The molecule has 2 atom stereocenters. The first-order chi connectivity index (χ1) is 10.9. The Hall–Kier alpha value is -1.66. The zero-order chi connectivity index (χ0) is 17.0. The van der Waals surface area contributed by atoms with E-state index in [0.29, 0.717) is 0 Å². The molecule has 0 aliphatic carbocycles. The van der Waals surface area contributed by atoms with Gasteiger partial charge in [-0.15, -0.1) is 0 Å². The molecule has 2 unspecified atom stereocenters. The summed E-state index contributed by atoms with van der Waals surface area (Å²) >= 11 is 0. The fourth-order valence-electron chi connectivity index (χ4n) is 3.00. The van der Waals surface area contributed by atoms with Gasteiger partial charge in [-0.1, -0.05) is 6.92 Å². The van der Waals surface area contributed by atoms with Gasteiger partial charge in [0, 0.05) is 37.9 Å². The summed E-state index contributed by atoms with van der Waals surface area (Å²) in [5.74, 6) is -1.21. The standard InChI is InChI=1S/C17H26FN3O2/c1-4-20-7-9-21(10-8-20)16-6-5-14(18)11-15(16)12(2)19-13(3)17(22)23/h5-6,11-13,19H,4,7-10H2,1-3H3,(H,22,23). The van der Waals surface area contributed by atoms with Crippen LogP contribution in [0.5, 0.6) is 0 Å². The molecule has 1 aromatic rings. The number of likely N-dealkylation sites (N-methyl/N-ethyl adjacent to an activating group) is 1. The molecule has 0 aromatic heterocycles. The third-order valence-corrected chi connectivity index (χ3v) is 4.49. The topological polar surface area (TPSA) is 55.8 Å². The number of carboxylic acid groups (broad SMARTS) is 1. The molecule has 1 fully saturated rings. The van der Waals surface area contributed by atoms with Crippen LogP contribution in [0.25, 0.3) is 0 Å². The van der Waals surface area contributed by atoms with Crippen LogP contribution in [0.4, 0.5) is 10.1 Å². The molecule has 6 heteroatoms. The molecule has 0 bridgehead atoms. The predicted octanol–water partition coefficient (Wildman–Crippen LogP) is 2.09. The Balaban J connectivity index is 2.18. The third kappa shape index (κ3) is 4.42. The number of benzene rings is 1. The van der Waals surface area contributed by atoms with E-state index in [4.69, 9.17) is 5.11 Å². The van der Waals surface area contributed by atoms with E-state index in [9.17, 15) is 9.18 Å². The van der Waals surface area contributed by atoms with Gasteiger partial charge in [-0.2, -0.15) is 0 Å². The van der Waals surface area contributed by atoms with Crippen LogP contribution in [0.3, 0.4) is 0 Å². The number of nitrogens with zero attached hydrogens (tertiary/aromatic N) is 2. The van der Waals surface area contributed by atoms with E-state index in [1.165, 1.54) is 12.1 Å². The summed E-state index contributed by atoms with van der Waals surface area (Å²) < 4.78 is 13.7. The average molecular weight is 323 g/mol. The number of halogens is 1. The molecular formula is C17H26FN3O2. The number of piperazine rings is 1. The van der Waals surface area contributed by atoms with Crippen LogP contribution in [-0.2, 0) is 4.79 Å². The zero-order valence-corrected chi connectivity index (χ0v) is 14.1. The Morgan fingerprint density at radius 2 is 1.96 bits per heavy atom. The lowest BCUT2D eigenvalue weighted by Crippen LogP contribution is -2.46. The Bertz CT molecular complexity index is 545. The van der Waals surface area contributed by atoms with E-state index >= 15 is 0 Å². The van der Waals surface area contributed by atoms with Crippen LogP contribution in [0.15, 0.2) is 18.2 Å². The summed E-state index contributed by atoms with van der Waals surface area (Å²) in [6, 6.07) is 3.86. The molecule has 0 saturated carbocycles. The van der Waals surface area contributed by atoms with Crippen molar-refractivity contribution in [3.05, 3.63) is 29.6 Å². The normalized spacial score (nSPS) is 18.7. The molecule has 1 aliphatic heterocycles. The summed E-state index contributed by atoms with van der Waals surface area (Å²) in [6.45, 7) is 10.4. The molecule has 1 saturated heterocycles. The van der Waals surface area contributed by atoms with Gasteiger partial charge in [0.2, 0.25) is 0 Å². The number of nitrogens with one attached hydrogen (secondary N) is 1. The van der Waals surface area contributed by atoms with Gasteiger partial charge in [0.25, 0.3) is 0 Å². The second kappa shape index (κ2) is 7.75. The van der Waals surface area contributed by atoms with Gasteiger partial charge in [-0.05, 0) is 44.2 Å². The Morgan fingerprint density at radius 3 is 2.52 bits per heavy atom. The van der Waals surface area contributed by atoms with Crippen molar-refractivity contribution in [1.29, 1.82) is 0 Å². The largest absolute Gasteiger partial charge is 0.480 e. The molecule has 1 aromatic carbocycles. The molecule has 1 aliphatic rings. The van der Waals surface area contributed by atoms with Gasteiger partial charge in [-0.25, -0.2) is 4.39 Å². The summed E-state index contributed by atoms with van der Waals surface area (Å²) in [7, 11) is 0. The van der Waals surface area contributed by atoms with Gasteiger partial charge in [0.15, 0.2) is 0 Å². The molecular weight excluding hydrogens is 297 g/mol. The minimum atomic E-state index is -0.911. The van der Waals surface area contributed by atoms with Crippen LogP contribution < -0.4 is 10.2 Å². The Labute approximate surface area is 137 Å². The summed E-state index contributed by atoms with van der Waals surface area (Å²) in [5.41, 5.74) is 1.79. The first-order valence-electron chi connectivity index (χ1n) is 8.18. The highest BCUT2D eigenvalue weighted by atomic mass is 19.1. The van der Waals surface area contributed by atoms with E-state index in [-0.39, 0.29) is 11.9 Å². The third-order valence-electron chi connectivity index (χ3n) is 4.49. The van der Waals surface area contributed by atoms with Crippen molar-refractivity contribution in [3.8, 4) is 0 Å². The number of hydrogen-bond donors (Lipinski definition) is 2. The van der Waals surface area contributed by atoms with Crippen molar-refractivity contribution in [3.63, 3.8) is 0 Å². The molecule has 0 radical (unpaired) electrons. The highest BCUT2D eigenvalue weighted by Gasteiger charge is 2.22. The van der Waals surface area contributed by atoms with Gasteiger partial charge < -0.3 is 14.9 Å². The number of carbonyl (C=O) groups is 1. The van der Waals surface area contributed by atoms with Gasteiger partial charge in [-0.3, -0.25) is 10.1 Å². The first-order valence-corrected chi connectivity index (χ1v) is 8.18. The number of hydrogen-bond acceptors (Lipinski definition) is 4. The summed E-state index contributed by atoms with van der Waals surface area (Å²) in [4.78, 5) is 15.7. The van der Waals surface area contributed by atoms with Crippen molar-refractivity contribution < 1.29 is 14.3 Å².